The van der Waals surface area contributed by atoms with Crippen LogP contribution in [0.3, 0.4) is 0 Å². The highest BCUT2D eigenvalue weighted by Crippen LogP contribution is 2.20. The lowest BCUT2D eigenvalue weighted by molar-refractivity contribution is 0.542. The third-order valence-electron chi connectivity index (χ3n) is 3.09. The van der Waals surface area contributed by atoms with Crippen LogP contribution in [-0.2, 0) is 6.42 Å². The van der Waals surface area contributed by atoms with E-state index in [1.807, 2.05) is 0 Å². The molecule has 1 aliphatic carbocycles. The number of hydrogen-bond donors (Lipinski definition) is 1. The second-order valence-corrected chi connectivity index (χ2v) is 5.11. The van der Waals surface area contributed by atoms with Crippen LogP contribution in [-0.4, -0.2) is 26.2 Å². The van der Waals surface area contributed by atoms with Crippen molar-refractivity contribution in [2.24, 2.45) is 0 Å². The monoisotopic (exact) mass is 218 g/mol. The summed E-state index contributed by atoms with van der Waals surface area (Å²) in [6.45, 7) is 2.28. The predicted molar refractivity (Wildman–Crippen MR) is 70.1 cm³/mol. The fourth-order valence-corrected chi connectivity index (χ4v) is 2.00. The lowest BCUT2D eigenvalue weighted by Crippen LogP contribution is -2.29. The fraction of sp³-hybridized carbons (Fsp3) is 0.571. The molecular weight excluding hydrogens is 196 g/mol. The minimum absolute atomic E-state index is 0.595. The Morgan fingerprint density at radius 2 is 1.88 bits per heavy atom. The average molecular weight is 218 g/mol. The molecule has 0 aromatic heterocycles. The molecule has 1 aliphatic rings. The maximum atomic E-state index is 3.63. The van der Waals surface area contributed by atoms with Crippen molar-refractivity contribution in [3.05, 3.63) is 29.8 Å². The highest BCUT2D eigenvalue weighted by atomic mass is 15.1. The molecule has 1 unspecified atom stereocenters. The van der Waals surface area contributed by atoms with Crippen molar-refractivity contribution in [2.75, 3.05) is 19.0 Å². The Labute approximate surface area is 98.7 Å². The van der Waals surface area contributed by atoms with Crippen molar-refractivity contribution in [2.45, 2.75) is 38.3 Å². The molecule has 0 bridgehead atoms. The zero-order valence-corrected chi connectivity index (χ0v) is 10.5. The van der Waals surface area contributed by atoms with Crippen molar-refractivity contribution < 1.29 is 0 Å². The van der Waals surface area contributed by atoms with Crippen molar-refractivity contribution >= 4 is 5.69 Å². The zero-order chi connectivity index (χ0) is 11.5. The van der Waals surface area contributed by atoms with Gasteiger partial charge in [0.2, 0.25) is 0 Å². The zero-order valence-electron chi connectivity index (χ0n) is 10.5. The number of anilines is 1. The van der Waals surface area contributed by atoms with Crippen LogP contribution in [0, 0.1) is 0 Å². The quantitative estimate of drug-likeness (QED) is 0.816. The molecule has 88 valence electrons. The SMILES string of the molecule is CC(Cc1ccc(N(C)C)cc1)NC1CC1. The normalized spacial score (nSPS) is 17.2. The fourth-order valence-electron chi connectivity index (χ4n) is 2.00. The first-order valence-corrected chi connectivity index (χ1v) is 6.17. The Morgan fingerprint density at radius 1 is 1.25 bits per heavy atom. The number of hydrogen-bond acceptors (Lipinski definition) is 2. The predicted octanol–water partition coefficient (Wildman–Crippen LogP) is 2.44. The molecule has 0 aliphatic heterocycles. The molecule has 0 spiro atoms. The molecule has 0 amide bonds. The second-order valence-electron chi connectivity index (χ2n) is 5.11. The van der Waals surface area contributed by atoms with Crippen LogP contribution in [0.1, 0.15) is 25.3 Å². The summed E-state index contributed by atoms with van der Waals surface area (Å²) in [6, 6.07) is 10.3. The summed E-state index contributed by atoms with van der Waals surface area (Å²) >= 11 is 0. The molecule has 2 heteroatoms. The topological polar surface area (TPSA) is 15.3 Å². The van der Waals surface area contributed by atoms with Gasteiger partial charge in [-0.2, -0.15) is 0 Å². The largest absolute Gasteiger partial charge is 0.378 e. The highest BCUT2D eigenvalue weighted by molar-refractivity contribution is 5.46. The molecule has 1 N–H and O–H groups in total. The summed E-state index contributed by atoms with van der Waals surface area (Å²) in [4.78, 5) is 2.13. The van der Waals surface area contributed by atoms with Crippen LogP contribution in [0.5, 0.6) is 0 Å². The van der Waals surface area contributed by atoms with Crippen molar-refractivity contribution in [1.82, 2.24) is 5.32 Å². The molecule has 1 atom stereocenters. The molecule has 0 heterocycles. The molecular formula is C14H22N2. The summed E-state index contributed by atoms with van der Waals surface area (Å²) in [7, 11) is 4.15. The molecule has 2 nitrogen and oxygen atoms in total. The summed E-state index contributed by atoms with van der Waals surface area (Å²) in [5, 5.41) is 3.63. The van der Waals surface area contributed by atoms with Crippen molar-refractivity contribution in [1.29, 1.82) is 0 Å². The van der Waals surface area contributed by atoms with Crippen LogP contribution < -0.4 is 10.2 Å². The summed E-state index contributed by atoms with van der Waals surface area (Å²) in [6.07, 6.45) is 3.86. The van der Waals surface area contributed by atoms with E-state index in [-0.39, 0.29) is 0 Å². The Hall–Kier alpha value is -1.02. The van der Waals surface area contributed by atoms with Gasteiger partial charge in [0.1, 0.15) is 0 Å². The van der Waals surface area contributed by atoms with Crippen molar-refractivity contribution in [3.63, 3.8) is 0 Å². The Balaban J connectivity index is 1.88. The summed E-state index contributed by atoms with van der Waals surface area (Å²) < 4.78 is 0. The highest BCUT2D eigenvalue weighted by Gasteiger charge is 2.22. The van der Waals surface area contributed by atoms with Crippen molar-refractivity contribution in [3.8, 4) is 0 Å². The van der Waals surface area contributed by atoms with Crippen LogP contribution >= 0.6 is 0 Å². The van der Waals surface area contributed by atoms with E-state index < -0.39 is 0 Å². The van der Waals surface area contributed by atoms with Gasteiger partial charge in [-0.1, -0.05) is 12.1 Å². The molecule has 16 heavy (non-hydrogen) atoms. The van der Waals surface area contributed by atoms with Gasteiger partial charge in [0, 0.05) is 31.9 Å². The first-order valence-electron chi connectivity index (χ1n) is 6.17. The van der Waals surface area contributed by atoms with E-state index in [4.69, 9.17) is 0 Å². The van der Waals surface area contributed by atoms with Gasteiger partial charge in [0.05, 0.1) is 0 Å². The molecule has 1 fully saturated rings. The first kappa shape index (κ1) is 11.5. The molecule has 0 radical (unpaired) electrons. The smallest absolute Gasteiger partial charge is 0.0361 e. The number of nitrogens with zero attached hydrogens (tertiary/aromatic N) is 1. The van der Waals surface area contributed by atoms with Gasteiger partial charge in [-0.05, 0) is 43.9 Å². The van der Waals surface area contributed by atoms with Gasteiger partial charge >= 0.3 is 0 Å². The molecule has 0 saturated heterocycles. The van der Waals surface area contributed by atoms with E-state index in [1.54, 1.807) is 0 Å². The molecule has 1 aromatic carbocycles. The van der Waals surface area contributed by atoms with E-state index in [9.17, 15) is 0 Å². The van der Waals surface area contributed by atoms with E-state index >= 15 is 0 Å². The van der Waals surface area contributed by atoms with E-state index in [0.29, 0.717) is 6.04 Å². The maximum absolute atomic E-state index is 3.63. The first-order chi connectivity index (χ1) is 7.65. The third-order valence-corrected chi connectivity index (χ3v) is 3.09. The van der Waals surface area contributed by atoms with Gasteiger partial charge < -0.3 is 10.2 Å². The lowest BCUT2D eigenvalue weighted by Gasteiger charge is -2.15. The number of rotatable bonds is 5. The lowest BCUT2D eigenvalue weighted by atomic mass is 10.1. The van der Waals surface area contributed by atoms with E-state index in [1.165, 1.54) is 24.1 Å². The standard InChI is InChI=1S/C14H22N2/c1-11(15-13-6-7-13)10-12-4-8-14(9-5-12)16(2)3/h4-5,8-9,11,13,15H,6-7,10H2,1-3H3. The summed E-state index contributed by atoms with van der Waals surface area (Å²) in [5.74, 6) is 0. The van der Waals surface area contributed by atoms with E-state index in [0.717, 1.165) is 12.5 Å². The average Bonchev–Trinajstić information content (AvgIpc) is 3.02. The van der Waals surface area contributed by atoms with Gasteiger partial charge in [-0.25, -0.2) is 0 Å². The minimum Gasteiger partial charge on any atom is -0.378 e. The van der Waals surface area contributed by atoms with Gasteiger partial charge in [-0.3, -0.25) is 0 Å². The molecule has 1 saturated carbocycles. The second kappa shape index (κ2) is 4.88. The van der Waals surface area contributed by atoms with Gasteiger partial charge in [0.25, 0.3) is 0 Å². The maximum Gasteiger partial charge on any atom is 0.0361 e. The number of nitrogens with one attached hydrogen (secondary N) is 1. The Morgan fingerprint density at radius 3 is 2.38 bits per heavy atom. The van der Waals surface area contributed by atoms with Gasteiger partial charge in [-0.15, -0.1) is 0 Å². The van der Waals surface area contributed by atoms with Gasteiger partial charge in [0.15, 0.2) is 0 Å². The Kier molecular flexibility index (Phi) is 3.49. The van der Waals surface area contributed by atoms with Crippen LogP contribution in [0.15, 0.2) is 24.3 Å². The molecule has 2 rings (SSSR count). The Bertz CT molecular complexity index is 325. The minimum atomic E-state index is 0.595. The van der Waals surface area contributed by atoms with Crippen LogP contribution in [0.25, 0.3) is 0 Å². The third kappa shape index (κ3) is 3.24. The summed E-state index contributed by atoms with van der Waals surface area (Å²) in [5.41, 5.74) is 2.69. The van der Waals surface area contributed by atoms with E-state index in [2.05, 4.69) is 55.5 Å². The van der Waals surface area contributed by atoms with Crippen LogP contribution in [0.2, 0.25) is 0 Å². The molecule has 1 aromatic rings. The van der Waals surface area contributed by atoms with Crippen LogP contribution in [0.4, 0.5) is 5.69 Å². The number of benzene rings is 1.